The number of hydrogen-bond donors (Lipinski definition) is 6. The molecule has 0 saturated carbocycles. The molecule has 15 heteroatoms. The van der Waals surface area contributed by atoms with Gasteiger partial charge < -0.3 is 45.7 Å². The van der Waals surface area contributed by atoms with Crippen LogP contribution in [0.15, 0.2) is 97.1 Å². The fraction of sp³-hybridized carbons (Fsp3) is 0.150. The number of nitrogens with one attached hydrogen (secondary N) is 1. The number of aliphatic carboxylic acids is 2. The van der Waals surface area contributed by atoms with E-state index in [1.165, 1.54) is 7.11 Å². The Bertz CT molecular complexity index is 2300. The van der Waals surface area contributed by atoms with E-state index < -0.39 is 30.4 Å². The minimum atomic E-state index is -1.19. The molecule has 0 aliphatic carbocycles. The van der Waals surface area contributed by atoms with E-state index in [0.717, 1.165) is 5.39 Å². The summed E-state index contributed by atoms with van der Waals surface area (Å²) in [6, 6.07) is 28.8. The smallest absolute Gasteiger partial charge is 0.360 e. The molecule has 4 aromatic carbocycles. The Labute approximate surface area is 315 Å². The number of pyridine rings is 2. The normalized spacial score (nSPS) is 10.0. The molecule has 6 aromatic rings. The molecule has 0 spiro atoms. The third-order valence-electron chi connectivity index (χ3n) is 7.41. The van der Waals surface area contributed by atoms with Gasteiger partial charge >= 0.3 is 17.9 Å². The maximum absolute atomic E-state index is 12.1. The van der Waals surface area contributed by atoms with E-state index >= 15 is 0 Å². The zero-order valence-electron chi connectivity index (χ0n) is 29.3. The summed E-state index contributed by atoms with van der Waals surface area (Å²) in [4.78, 5) is 51.9. The van der Waals surface area contributed by atoms with Crippen LogP contribution in [-0.2, 0) is 14.3 Å². The molecule has 0 atom stereocenters. The van der Waals surface area contributed by atoms with Gasteiger partial charge in [-0.05, 0) is 74.5 Å². The number of ether oxygens (including phenoxy) is 3. The molecule has 0 aliphatic heterocycles. The number of carboxylic acid groups (broad SMARTS) is 2. The van der Waals surface area contributed by atoms with Gasteiger partial charge in [-0.1, -0.05) is 43.8 Å². The van der Waals surface area contributed by atoms with Crippen molar-refractivity contribution >= 4 is 45.4 Å². The lowest BCUT2D eigenvalue weighted by molar-refractivity contribution is -0.136. The number of rotatable bonds is 9. The van der Waals surface area contributed by atoms with E-state index in [1.54, 1.807) is 62.4 Å². The maximum atomic E-state index is 12.1. The van der Waals surface area contributed by atoms with Crippen molar-refractivity contribution in [1.29, 1.82) is 0 Å². The molecule has 286 valence electrons. The number of nitrogens with zero attached hydrogens (tertiary/aromatic N) is 2. The highest BCUT2D eigenvalue weighted by Crippen LogP contribution is 2.35. The molecule has 0 radical (unpaired) electrons. The SMILES string of the molecule is C.COC(=O)c1nc(C)c2ccc(Oc3ccccc3)cc2c1O.Cc1nc(C(=O)NCC(=O)O)c(O)c2cc(Oc3ccccc3)ccc12.NCC(=O)O. The number of carbonyl (C=O) groups is 4. The number of aryl methyl sites for hydroxylation is 2. The number of fused-ring (bicyclic) bond motifs is 2. The highest BCUT2D eigenvalue weighted by Gasteiger charge is 2.20. The number of carboxylic acids is 2. The van der Waals surface area contributed by atoms with Crippen molar-refractivity contribution in [2.45, 2.75) is 21.3 Å². The first-order valence-corrected chi connectivity index (χ1v) is 16.1. The lowest BCUT2D eigenvalue weighted by atomic mass is 10.1. The minimum Gasteiger partial charge on any atom is -0.505 e. The van der Waals surface area contributed by atoms with Crippen LogP contribution in [0.25, 0.3) is 21.5 Å². The van der Waals surface area contributed by atoms with Crippen molar-refractivity contribution in [3.05, 3.63) is 120 Å². The molecule has 0 fully saturated rings. The van der Waals surface area contributed by atoms with Crippen molar-refractivity contribution in [1.82, 2.24) is 15.3 Å². The van der Waals surface area contributed by atoms with Gasteiger partial charge in [0.15, 0.2) is 22.9 Å². The van der Waals surface area contributed by atoms with E-state index in [9.17, 15) is 29.4 Å². The first-order valence-electron chi connectivity index (χ1n) is 16.1. The molecule has 55 heavy (non-hydrogen) atoms. The fourth-order valence-electron chi connectivity index (χ4n) is 4.90. The predicted molar refractivity (Wildman–Crippen MR) is 204 cm³/mol. The van der Waals surface area contributed by atoms with Crippen LogP contribution in [0.1, 0.15) is 39.8 Å². The summed E-state index contributed by atoms with van der Waals surface area (Å²) < 4.78 is 16.2. The van der Waals surface area contributed by atoms with Crippen LogP contribution < -0.4 is 20.5 Å². The largest absolute Gasteiger partial charge is 0.505 e. The molecule has 15 nitrogen and oxygen atoms in total. The van der Waals surface area contributed by atoms with Gasteiger partial charge in [-0.2, -0.15) is 0 Å². The quantitative estimate of drug-likeness (QED) is 0.0883. The van der Waals surface area contributed by atoms with E-state index in [-0.39, 0.29) is 36.9 Å². The summed E-state index contributed by atoms with van der Waals surface area (Å²) in [5, 5.41) is 41.6. The molecule has 0 unspecified atom stereocenters. The Balaban J connectivity index is 0.000000260. The number of carbonyl (C=O) groups excluding carboxylic acids is 2. The number of hydrogen-bond acceptors (Lipinski definition) is 12. The molecule has 2 aromatic heterocycles. The van der Waals surface area contributed by atoms with Crippen molar-refractivity contribution in [2.24, 2.45) is 5.73 Å². The molecule has 2 heterocycles. The van der Waals surface area contributed by atoms with Crippen LogP contribution in [0.4, 0.5) is 0 Å². The topological polar surface area (TPSA) is 241 Å². The second-order valence-corrected chi connectivity index (χ2v) is 11.2. The lowest BCUT2D eigenvalue weighted by Gasteiger charge is -2.12. The summed E-state index contributed by atoms with van der Waals surface area (Å²) in [5.74, 6) is -1.77. The number of amides is 1. The van der Waals surface area contributed by atoms with Gasteiger partial charge in [-0.15, -0.1) is 0 Å². The minimum absolute atomic E-state index is 0. The summed E-state index contributed by atoms with van der Waals surface area (Å²) >= 11 is 0. The average Bonchev–Trinajstić information content (AvgIpc) is 3.17. The Morgan fingerprint density at radius 3 is 1.45 bits per heavy atom. The monoisotopic (exact) mass is 752 g/mol. The summed E-state index contributed by atoms with van der Waals surface area (Å²) in [6.07, 6.45) is 0. The van der Waals surface area contributed by atoms with Crippen LogP contribution in [0, 0.1) is 13.8 Å². The van der Waals surface area contributed by atoms with Gasteiger partial charge in [-0.3, -0.25) is 14.4 Å². The average molecular weight is 753 g/mol. The Hall–Kier alpha value is -7.26. The van der Waals surface area contributed by atoms with Crippen molar-refractivity contribution in [3.8, 4) is 34.5 Å². The number of nitrogens with two attached hydrogens (primary N) is 1. The Kier molecular flexibility index (Phi) is 15.0. The van der Waals surface area contributed by atoms with Gasteiger partial charge in [0.1, 0.15) is 29.5 Å². The lowest BCUT2D eigenvalue weighted by Crippen LogP contribution is -2.30. The van der Waals surface area contributed by atoms with Gasteiger partial charge in [0.05, 0.1) is 13.7 Å². The zero-order chi connectivity index (χ0) is 39.4. The molecule has 0 aliphatic rings. The molecule has 0 bridgehead atoms. The zero-order valence-corrected chi connectivity index (χ0v) is 29.3. The third kappa shape index (κ3) is 11.1. The number of para-hydroxylation sites is 2. The van der Waals surface area contributed by atoms with Crippen molar-refractivity contribution in [3.63, 3.8) is 0 Å². The summed E-state index contributed by atoms with van der Waals surface area (Å²) in [5.41, 5.74) is 5.40. The molecule has 6 rings (SSSR count). The number of benzene rings is 4. The number of aromatic nitrogens is 2. The molecule has 7 N–H and O–H groups in total. The third-order valence-corrected chi connectivity index (χ3v) is 7.41. The first kappa shape index (κ1) is 42.2. The van der Waals surface area contributed by atoms with Crippen molar-refractivity contribution in [2.75, 3.05) is 20.2 Å². The second-order valence-electron chi connectivity index (χ2n) is 11.2. The highest BCUT2D eigenvalue weighted by molar-refractivity contribution is 6.03. The fourth-order valence-corrected chi connectivity index (χ4v) is 4.90. The maximum Gasteiger partial charge on any atom is 0.360 e. The van der Waals surface area contributed by atoms with Crippen LogP contribution in [-0.4, -0.2) is 74.4 Å². The van der Waals surface area contributed by atoms with Crippen LogP contribution in [0.5, 0.6) is 34.5 Å². The van der Waals surface area contributed by atoms with Gasteiger partial charge in [0.25, 0.3) is 5.91 Å². The summed E-state index contributed by atoms with van der Waals surface area (Å²) in [6.45, 7) is 2.63. The van der Waals surface area contributed by atoms with Gasteiger partial charge in [0, 0.05) is 32.9 Å². The van der Waals surface area contributed by atoms with Crippen molar-refractivity contribution < 1.29 is 53.8 Å². The molecule has 1 amide bonds. The first-order chi connectivity index (χ1) is 25.8. The Morgan fingerprint density at radius 1 is 0.636 bits per heavy atom. The predicted octanol–water partition coefficient (Wildman–Crippen LogP) is 6.35. The highest BCUT2D eigenvalue weighted by atomic mass is 16.5. The van der Waals surface area contributed by atoms with Crippen LogP contribution in [0.2, 0.25) is 0 Å². The number of methoxy groups -OCH3 is 1. The van der Waals surface area contributed by atoms with E-state index in [4.69, 9.17) is 19.7 Å². The second kappa shape index (κ2) is 19.5. The molecular weight excluding hydrogens is 712 g/mol. The number of esters is 1. The van der Waals surface area contributed by atoms with Gasteiger partial charge in [0.2, 0.25) is 0 Å². The van der Waals surface area contributed by atoms with Gasteiger partial charge in [-0.25, -0.2) is 14.8 Å². The summed E-state index contributed by atoms with van der Waals surface area (Å²) in [7, 11) is 1.25. The Morgan fingerprint density at radius 2 is 1.05 bits per heavy atom. The van der Waals surface area contributed by atoms with E-state index in [0.29, 0.717) is 50.5 Å². The molecule has 0 saturated heterocycles. The number of aromatic hydroxyl groups is 2. The van der Waals surface area contributed by atoms with Crippen LogP contribution in [0.3, 0.4) is 0 Å². The molecular formula is C40H40N4O11. The van der Waals surface area contributed by atoms with E-state index in [1.807, 2.05) is 48.5 Å². The standard InChI is InChI=1S/C19H16N2O5.C18H15NO4.C2H5NO2.CH4/c1-11-14-8-7-13(26-12-5-3-2-4-6-12)9-15(14)18(24)17(21-11)19(25)20-10-16(22)23;1-11-14-9-8-13(23-12-6-4-3-5-7-12)10-15(14)17(20)16(19-11)18(21)22-2;3-1-2(4)5;/h2-9,24H,10H2,1H3,(H,20,25)(H,22,23);3-10,20H,1-2H3;1,3H2,(H,4,5);1H4. The van der Waals surface area contributed by atoms with E-state index in [2.05, 4.69) is 25.8 Å². The van der Waals surface area contributed by atoms with Crippen LogP contribution >= 0.6 is 0 Å².